The fourth-order valence-electron chi connectivity index (χ4n) is 3.49. The lowest BCUT2D eigenvalue weighted by Gasteiger charge is -2.40. The largest absolute Gasteiger partial charge is 0.354 e. The van der Waals surface area contributed by atoms with E-state index in [1.165, 1.54) is 45.2 Å². The Balaban J connectivity index is 1.64. The molecule has 3 rings (SSSR count). The molecule has 1 aromatic heterocycles. The quantitative estimate of drug-likeness (QED) is 0.840. The Morgan fingerprint density at radius 2 is 1.52 bits per heavy atom. The molecule has 0 bridgehead atoms. The highest BCUT2D eigenvalue weighted by molar-refractivity contribution is 6.31. The molecule has 3 heterocycles. The van der Waals surface area contributed by atoms with E-state index in [2.05, 4.69) is 19.8 Å². The molecule has 0 atom stereocenters. The summed E-state index contributed by atoms with van der Waals surface area (Å²) in [6.45, 7) is 8.61. The van der Waals surface area contributed by atoms with Gasteiger partial charge in [0.1, 0.15) is 0 Å². The van der Waals surface area contributed by atoms with Crippen LogP contribution in [0.1, 0.15) is 43.5 Å². The lowest BCUT2D eigenvalue weighted by Crippen LogP contribution is -2.47. The molecule has 0 amide bonds. The number of halogens is 1. The van der Waals surface area contributed by atoms with Crippen molar-refractivity contribution in [1.29, 1.82) is 0 Å². The lowest BCUT2D eigenvalue weighted by atomic mass is 10.00. The van der Waals surface area contributed by atoms with Crippen molar-refractivity contribution in [2.75, 3.05) is 31.1 Å². The van der Waals surface area contributed by atoms with Gasteiger partial charge in [-0.05, 0) is 52.6 Å². The van der Waals surface area contributed by atoms with Crippen LogP contribution in [-0.2, 0) is 0 Å². The summed E-state index contributed by atoms with van der Waals surface area (Å²) in [4.78, 5) is 14.1. The average Bonchev–Trinajstić information content (AvgIpc) is 2.52. The summed E-state index contributed by atoms with van der Waals surface area (Å²) in [5.41, 5.74) is 1.90. The van der Waals surface area contributed by atoms with Crippen LogP contribution < -0.4 is 4.90 Å². The number of hydrogen-bond acceptors (Lipinski definition) is 4. The highest BCUT2D eigenvalue weighted by atomic mass is 35.5. The van der Waals surface area contributed by atoms with Gasteiger partial charge in [-0.15, -0.1) is 0 Å². The molecule has 0 unspecified atom stereocenters. The molecule has 0 N–H and O–H groups in total. The van der Waals surface area contributed by atoms with E-state index in [-0.39, 0.29) is 0 Å². The van der Waals surface area contributed by atoms with Gasteiger partial charge in [-0.3, -0.25) is 0 Å². The summed E-state index contributed by atoms with van der Waals surface area (Å²) in [6, 6.07) is 0.750. The van der Waals surface area contributed by atoms with Crippen molar-refractivity contribution >= 4 is 17.4 Å². The summed E-state index contributed by atoms with van der Waals surface area (Å²) in [5.74, 6) is 0.872. The Bertz CT molecular complexity index is 491. The normalized spacial score (nSPS) is 21.8. The first-order valence-corrected chi connectivity index (χ1v) is 8.52. The Morgan fingerprint density at radius 1 is 0.905 bits per heavy atom. The zero-order valence-electron chi connectivity index (χ0n) is 13.1. The minimum absolute atomic E-state index is 0.550. The second-order valence-corrected chi connectivity index (χ2v) is 6.68. The first-order chi connectivity index (χ1) is 10.1. The Hall–Kier alpha value is -0.870. The molecule has 0 spiro atoms. The summed E-state index contributed by atoms with van der Waals surface area (Å²) >= 11 is 6.29. The van der Waals surface area contributed by atoms with Crippen molar-refractivity contribution in [2.24, 2.45) is 0 Å². The van der Waals surface area contributed by atoms with Crippen LogP contribution in [0.3, 0.4) is 0 Å². The molecule has 2 aliphatic heterocycles. The van der Waals surface area contributed by atoms with E-state index in [1.54, 1.807) is 0 Å². The fraction of sp³-hybridized carbons (Fsp3) is 0.750. The molecular formula is C16H25ClN4. The second kappa shape index (κ2) is 6.49. The van der Waals surface area contributed by atoms with Gasteiger partial charge in [-0.1, -0.05) is 18.0 Å². The van der Waals surface area contributed by atoms with E-state index in [1.807, 2.05) is 13.8 Å². The molecule has 0 aliphatic carbocycles. The number of aromatic nitrogens is 2. The van der Waals surface area contributed by atoms with Crippen molar-refractivity contribution in [3.63, 3.8) is 0 Å². The molecule has 116 valence electrons. The topological polar surface area (TPSA) is 32.3 Å². The fourth-order valence-corrected chi connectivity index (χ4v) is 3.78. The summed E-state index contributed by atoms with van der Waals surface area (Å²) in [7, 11) is 0. The standard InChI is InChI=1S/C16H25ClN4/c1-12-13(2)19-16(15(17)18-12)21-10-6-14(7-11-21)20-8-4-3-5-9-20/h14H,3-11H2,1-2H3. The van der Waals surface area contributed by atoms with Gasteiger partial charge >= 0.3 is 0 Å². The van der Waals surface area contributed by atoms with E-state index in [0.717, 1.165) is 36.3 Å². The van der Waals surface area contributed by atoms with E-state index < -0.39 is 0 Å². The molecule has 1 aromatic rings. The van der Waals surface area contributed by atoms with E-state index in [0.29, 0.717) is 5.15 Å². The van der Waals surface area contributed by atoms with E-state index in [4.69, 9.17) is 11.6 Å². The van der Waals surface area contributed by atoms with Gasteiger partial charge in [-0.25, -0.2) is 9.97 Å². The number of aryl methyl sites for hydroxylation is 2. The third-order valence-corrected chi connectivity index (χ3v) is 5.17. The molecule has 21 heavy (non-hydrogen) atoms. The summed E-state index contributed by atoms with van der Waals surface area (Å²) < 4.78 is 0. The van der Waals surface area contributed by atoms with E-state index >= 15 is 0 Å². The molecule has 0 aromatic carbocycles. The highest BCUT2D eigenvalue weighted by Crippen LogP contribution is 2.28. The SMILES string of the molecule is Cc1nc(Cl)c(N2CCC(N3CCCCC3)CC2)nc1C. The maximum absolute atomic E-state index is 6.29. The van der Waals surface area contributed by atoms with Crippen molar-refractivity contribution < 1.29 is 0 Å². The Kier molecular flexibility index (Phi) is 4.65. The molecule has 5 heteroatoms. The van der Waals surface area contributed by atoms with Gasteiger partial charge in [0, 0.05) is 19.1 Å². The monoisotopic (exact) mass is 308 g/mol. The van der Waals surface area contributed by atoms with Crippen LogP contribution in [-0.4, -0.2) is 47.1 Å². The van der Waals surface area contributed by atoms with Gasteiger partial charge in [0.05, 0.1) is 11.4 Å². The number of hydrogen-bond donors (Lipinski definition) is 0. The van der Waals surface area contributed by atoms with E-state index in [9.17, 15) is 0 Å². The second-order valence-electron chi connectivity index (χ2n) is 6.32. The van der Waals surface area contributed by atoms with Crippen molar-refractivity contribution in [1.82, 2.24) is 14.9 Å². The van der Waals surface area contributed by atoms with Crippen LogP contribution in [0.15, 0.2) is 0 Å². The third kappa shape index (κ3) is 3.32. The first-order valence-electron chi connectivity index (χ1n) is 8.15. The average molecular weight is 309 g/mol. The number of likely N-dealkylation sites (tertiary alicyclic amines) is 1. The van der Waals surface area contributed by atoms with Crippen LogP contribution in [0.4, 0.5) is 5.82 Å². The molecule has 2 saturated heterocycles. The van der Waals surface area contributed by atoms with Crippen LogP contribution >= 0.6 is 11.6 Å². The summed E-state index contributed by atoms with van der Waals surface area (Å²) in [5, 5.41) is 0.550. The summed E-state index contributed by atoms with van der Waals surface area (Å²) in [6.07, 6.45) is 6.57. The van der Waals surface area contributed by atoms with Gasteiger partial charge in [0.25, 0.3) is 0 Å². The molecule has 0 saturated carbocycles. The number of anilines is 1. The first kappa shape index (κ1) is 15.0. The van der Waals surface area contributed by atoms with Crippen molar-refractivity contribution in [3.8, 4) is 0 Å². The minimum Gasteiger partial charge on any atom is -0.354 e. The maximum Gasteiger partial charge on any atom is 0.171 e. The predicted molar refractivity (Wildman–Crippen MR) is 87.2 cm³/mol. The minimum atomic E-state index is 0.550. The van der Waals surface area contributed by atoms with Crippen LogP contribution in [0, 0.1) is 13.8 Å². The molecule has 2 aliphatic rings. The zero-order chi connectivity index (χ0) is 14.8. The number of piperidine rings is 2. The highest BCUT2D eigenvalue weighted by Gasteiger charge is 2.27. The zero-order valence-corrected chi connectivity index (χ0v) is 13.9. The molecule has 0 radical (unpaired) electrons. The van der Waals surface area contributed by atoms with Crippen LogP contribution in [0.2, 0.25) is 5.15 Å². The number of nitrogens with zero attached hydrogens (tertiary/aromatic N) is 4. The van der Waals surface area contributed by atoms with Crippen molar-refractivity contribution in [2.45, 2.75) is 52.0 Å². The van der Waals surface area contributed by atoms with Crippen LogP contribution in [0.5, 0.6) is 0 Å². The van der Waals surface area contributed by atoms with Gasteiger partial charge < -0.3 is 9.80 Å². The van der Waals surface area contributed by atoms with Crippen molar-refractivity contribution in [3.05, 3.63) is 16.5 Å². The van der Waals surface area contributed by atoms with Gasteiger partial charge in [0.15, 0.2) is 11.0 Å². The Morgan fingerprint density at radius 3 is 2.19 bits per heavy atom. The molecule has 4 nitrogen and oxygen atoms in total. The molecule has 2 fully saturated rings. The number of rotatable bonds is 2. The smallest absolute Gasteiger partial charge is 0.171 e. The maximum atomic E-state index is 6.29. The third-order valence-electron chi connectivity index (χ3n) is 4.92. The van der Waals surface area contributed by atoms with Gasteiger partial charge in [-0.2, -0.15) is 0 Å². The predicted octanol–water partition coefficient (Wildman–Crippen LogP) is 3.20. The molecular weight excluding hydrogens is 284 g/mol. The van der Waals surface area contributed by atoms with Gasteiger partial charge in [0.2, 0.25) is 0 Å². The van der Waals surface area contributed by atoms with Crippen LogP contribution in [0.25, 0.3) is 0 Å². The lowest BCUT2D eigenvalue weighted by molar-refractivity contribution is 0.141. The Labute approximate surface area is 132 Å².